The first-order valence-corrected chi connectivity index (χ1v) is 8.75. The van der Waals surface area contributed by atoms with Crippen molar-refractivity contribution in [2.45, 2.75) is 18.9 Å². The van der Waals surface area contributed by atoms with Crippen LogP contribution in [0.4, 0.5) is 5.69 Å². The maximum absolute atomic E-state index is 12.2. The molecule has 0 saturated carbocycles. The highest BCUT2D eigenvalue weighted by Gasteiger charge is 2.24. The lowest BCUT2D eigenvalue weighted by molar-refractivity contribution is 0.127. The first kappa shape index (κ1) is 16.1. The van der Waals surface area contributed by atoms with Gasteiger partial charge in [-0.25, -0.2) is 8.42 Å². The molecule has 0 spiro atoms. The summed E-state index contributed by atoms with van der Waals surface area (Å²) in [6.45, 7) is 0.591. The number of halogens is 1. The van der Waals surface area contributed by atoms with Crippen LogP contribution in [0.5, 0.6) is 0 Å². The highest BCUT2D eigenvalue weighted by molar-refractivity contribution is 9.10. The standard InChI is InChI=1S/C12H16BrN3O4S/c13-8-3-4-11(10(6-8)12(14)15-17)16-21(18,19)7-9-2-1-5-20-9/h3-4,6,9,16-17H,1-2,5,7H2,(H2,14,15). The quantitative estimate of drug-likeness (QED) is 0.311. The molecule has 1 heterocycles. The van der Waals surface area contributed by atoms with Crippen LogP contribution in [0.3, 0.4) is 0 Å². The summed E-state index contributed by atoms with van der Waals surface area (Å²) in [5.41, 5.74) is 6.12. The van der Waals surface area contributed by atoms with Crippen LogP contribution in [-0.4, -0.2) is 37.9 Å². The summed E-state index contributed by atoms with van der Waals surface area (Å²) in [5, 5.41) is 11.7. The minimum Gasteiger partial charge on any atom is -0.409 e. The molecule has 1 aromatic carbocycles. The van der Waals surface area contributed by atoms with Gasteiger partial charge in [0, 0.05) is 16.6 Å². The van der Waals surface area contributed by atoms with E-state index in [1.807, 2.05) is 0 Å². The fourth-order valence-corrected chi connectivity index (χ4v) is 3.81. The van der Waals surface area contributed by atoms with Gasteiger partial charge in [-0.3, -0.25) is 4.72 Å². The topological polar surface area (TPSA) is 114 Å². The van der Waals surface area contributed by atoms with Crippen LogP contribution in [0.1, 0.15) is 18.4 Å². The van der Waals surface area contributed by atoms with Crippen molar-refractivity contribution >= 4 is 37.5 Å². The molecule has 7 nitrogen and oxygen atoms in total. The highest BCUT2D eigenvalue weighted by atomic mass is 79.9. The van der Waals surface area contributed by atoms with Crippen molar-refractivity contribution < 1.29 is 18.4 Å². The average Bonchev–Trinajstić information content (AvgIpc) is 2.91. The van der Waals surface area contributed by atoms with E-state index in [2.05, 4.69) is 25.8 Å². The monoisotopic (exact) mass is 377 g/mol. The molecular weight excluding hydrogens is 362 g/mol. The van der Waals surface area contributed by atoms with E-state index >= 15 is 0 Å². The Morgan fingerprint density at radius 2 is 2.33 bits per heavy atom. The Kier molecular flexibility index (Phi) is 5.07. The molecule has 0 bridgehead atoms. The molecule has 0 amide bonds. The SMILES string of the molecule is N/C(=N/O)c1cc(Br)ccc1NS(=O)(=O)CC1CCCO1. The van der Waals surface area contributed by atoms with E-state index in [9.17, 15) is 8.42 Å². The Bertz CT molecular complexity index is 642. The van der Waals surface area contributed by atoms with E-state index < -0.39 is 10.0 Å². The molecule has 2 rings (SSSR count). The zero-order valence-corrected chi connectivity index (χ0v) is 13.5. The van der Waals surface area contributed by atoms with Crippen LogP contribution in [0.25, 0.3) is 0 Å². The molecule has 0 aromatic heterocycles. The van der Waals surface area contributed by atoms with Crippen molar-refractivity contribution in [3.63, 3.8) is 0 Å². The first-order valence-electron chi connectivity index (χ1n) is 6.31. The lowest BCUT2D eigenvalue weighted by Crippen LogP contribution is -2.27. The molecule has 1 unspecified atom stereocenters. The largest absolute Gasteiger partial charge is 0.409 e. The van der Waals surface area contributed by atoms with E-state index in [4.69, 9.17) is 15.7 Å². The summed E-state index contributed by atoms with van der Waals surface area (Å²) in [6, 6.07) is 4.78. The van der Waals surface area contributed by atoms with E-state index in [1.54, 1.807) is 18.2 Å². The van der Waals surface area contributed by atoms with Crippen molar-refractivity contribution in [2.24, 2.45) is 10.9 Å². The molecular formula is C12H16BrN3O4S. The van der Waals surface area contributed by atoms with E-state index in [1.165, 1.54) is 0 Å². The predicted molar refractivity (Wildman–Crippen MR) is 83.0 cm³/mol. The summed E-state index contributed by atoms with van der Waals surface area (Å²) in [4.78, 5) is 0. The lowest BCUT2D eigenvalue weighted by Gasteiger charge is -2.14. The summed E-state index contributed by atoms with van der Waals surface area (Å²) in [6.07, 6.45) is 1.31. The van der Waals surface area contributed by atoms with Crippen LogP contribution in [0.2, 0.25) is 0 Å². The van der Waals surface area contributed by atoms with Crippen molar-refractivity contribution in [3.8, 4) is 0 Å². The van der Waals surface area contributed by atoms with E-state index in [0.717, 1.165) is 12.8 Å². The molecule has 1 aliphatic heterocycles. The number of anilines is 1. The van der Waals surface area contributed by atoms with Crippen LogP contribution in [-0.2, 0) is 14.8 Å². The van der Waals surface area contributed by atoms with Gasteiger partial charge in [-0.2, -0.15) is 0 Å². The molecule has 1 aliphatic rings. The van der Waals surface area contributed by atoms with Gasteiger partial charge in [0.15, 0.2) is 5.84 Å². The van der Waals surface area contributed by atoms with Crippen molar-refractivity contribution in [2.75, 3.05) is 17.1 Å². The van der Waals surface area contributed by atoms with Gasteiger partial charge in [0.05, 0.1) is 17.5 Å². The second kappa shape index (κ2) is 6.63. The van der Waals surface area contributed by atoms with Crippen LogP contribution in [0.15, 0.2) is 27.8 Å². The fourth-order valence-electron chi connectivity index (χ4n) is 2.10. The Balaban J connectivity index is 2.22. The second-order valence-corrected chi connectivity index (χ2v) is 7.38. The summed E-state index contributed by atoms with van der Waals surface area (Å²) < 4.78 is 32.8. The summed E-state index contributed by atoms with van der Waals surface area (Å²) in [5.74, 6) is -0.287. The van der Waals surface area contributed by atoms with E-state index in [0.29, 0.717) is 16.6 Å². The third-order valence-electron chi connectivity index (χ3n) is 3.06. The number of hydrogen-bond donors (Lipinski definition) is 3. The number of ether oxygens (including phenoxy) is 1. The molecule has 1 fully saturated rings. The second-order valence-electron chi connectivity index (χ2n) is 4.69. The third kappa shape index (κ3) is 4.32. The highest BCUT2D eigenvalue weighted by Crippen LogP contribution is 2.23. The Morgan fingerprint density at radius 3 is 2.95 bits per heavy atom. The summed E-state index contributed by atoms with van der Waals surface area (Å²) in [7, 11) is -3.58. The summed E-state index contributed by atoms with van der Waals surface area (Å²) >= 11 is 3.25. The van der Waals surface area contributed by atoms with Gasteiger partial charge in [-0.15, -0.1) is 0 Å². The lowest BCUT2D eigenvalue weighted by atomic mass is 10.2. The van der Waals surface area contributed by atoms with Gasteiger partial charge < -0.3 is 15.7 Å². The number of nitrogens with zero attached hydrogens (tertiary/aromatic N) is 1. The molecule has 9 heteroatoms. The molecule has 1 atom stereocenters. The Labute approximate surface area is 131 Å². The van der Waals surface area contributed by atoms with Gasteiger partial charge in [0.2, 0.25) is 10.0 Å². The molecule has 1 aromatic rings. The first-order chi connectivity index (χ1) is 9.91. The number of rotatable bonds is 5. The van der Waals surface area contributed by atoms with Gasteiger partial charge in [0.25, 0.3) is 0 Å². The zero-order chi connectivity index (χ0) is 15.5. The number of amidine groups is 1. The molecule has 0 aliphatic carbocycles. The molecule has 21 heavy (non-hydrogen) atoms. The zero-order valence-electron chi connectivity index (χ0n) is 11.1. The number of hydrogen-bond acceptors (Lipinski definition) is 5. The smallest absolute Gasteiger partial charge is 0.235 e. The minimum absolute atomic E-state index is 0.112. The predicted octanol–water partition coefficient (Wildman–Crippen LogP) is 1.46. The van der Waals surface area contributed by atoms with E-state index in [-0.39, 0.29) is 23.4 Å². The average molecular weight is 378 g/mol. The van der Waals surface area contributed by atoms with Crippen molar-refractivity contribution in [3.05, 3.63) is 28.2 Å². The van der Waals surface area contributed by atoms with Gasteiger partial charge in [-0.05, 0) is 31.0 Å². The van der Waals surface area contributed by atoms with Crippen LogP contribution >= 0.6 is 15.9 Å². The number of sulfonamides is 1. The Hall–Kier alpha value is -1.32. The molecule has 116 valence electrons. The van der Waals surface area contributed by atoms with Gasteiger partial charge in [0.1, 0.15) is 0 Å². The van der Waals surface area contributed by atoms with Crippen molar-refractivity contribution in [1.82, 2.24) is 0 Å². The number of nitrogens with two attached hydrogens (primary N) is 1. The van der Waals surface area contributed by atoms with Gasteiger partial charge in [-0.1, -0.05) is 21.1 Å². The third-order valence-corrected chi connectivity index (χ3v) is 4.89. The molecule has 1 saturated heterocycles. The van der Waals surface area contributed by atoms with Crippen molar-refractivity contribution in [1.29, 1.82) is 0 Å². The maximum Gasteiger partial charge on any atom is 0.235 e. The number of oxime groups is 1. The normalized spacial score (nSPS) is 19.7. The fraction of sp³-hybridized carbons (Fsp3) is 0.417. The van der Waals surface area contributed by atoms with Gasteiger partial charge >= 0.3 is 0 Å². The van der Waals surface area contributed by atoms with Crippen LogP contribution < -0.4 is 10.5 Å². The molecule has 4 N–H and O–H groups in total. The number of benzene rings is 1. The Morgan fingerprint density at radius 1 is 1.57 bits per heavy atom. The van der Waals surface area contributed by atoms with Crippen LogP contribution in [0, 0.1) is 0 Å². The maximum atomic E-state index is 12.2. The number of nitrogens with one attached hydrogen (secondary N) is 1. The molecule has 0 radical (unpaired) electrons. The minimum atomic E-state index is -3.58.